The molecule has 2 aromatic carbocycles. The normalized spacial score (nSPS) is 25.6. The van der Waals surface area contributed by atoms with Gasteiger partial charge in [-0.3, -0.25) is 0 Å². The van der Waals surface area contributed by atoms with Crippen molar-refractivity contribution in [3.8, 4) is 5.75 Å². The molecule has 0 bridgehead atoms. The third-order valence-corrected chi connectivity index (χ3v) is 8.91. The third kappa shape index (κ3) is 4.03. The summed E-state index contributed by atoms with van der Waals surface area (Å²) >= 11 is 3.51. The van der Waals surface area contributed by atoms with Crippen LogP contribution in [0.25, 0.3) is 0 Å². The van der Waals surface area contributed by atoms with Crippen LogP contribution in [0.15, 0.2) is 57.9 Å². The maximum Gasteiger partial charge on any atom is 0.240 e. The van der Waals surface area contributed by atoms with E-state index in [1.165, 1.54) is 6.42 Å². The number of nitrogens with one attached hydrogen (secondary N) is 2. The number of phenols is 1. The molecule has 164 valence electrons. The minimum Gasteiger partial charge on any atom is -0.508 e. The molecule has 1 saturated carbocycles. The van der Waals surface area contributed by atoms with Crippen LogP contribution in [0.1, 0.15) is 61.6 Å². The maximum atomic E-state index is 13.1. The average Bonchev–Trinajstić information content (AvgIpc) is 3.25. The Hall–Kier alpha value is -1.83. The van der Waals surface area contributed by atoms with Crippen LogP contribution < -0.4 is 10.0 Å². The molecule has 3 unspecified atom stereocenters. The van der Waals surface area contributed by atoms with Gasteiger partial charge in [-0.05, 0) is 67.1 Å². The van der Waals surface area contributed by atoms with E-state index in [1.807, 2.05) is 24.3 Å². The lowest BCUT2D eigenvalue weighted by atomic mass is 9.77. The molecule has 1 fully saturated rings. The summed E-state index contributed by atoms with van der Waals surface area (Å²) in [5.74, 6) is 0.604. The van der Waals surface area contributed by atoms with E-state index in [2.05, 4.69) is 38.1 Å². The molecule has 2 aliphatic carbocycles. The summed E-state index contributed by atoms with van der Waals surface area (Å²) in [6.07, 6.45) is 10.4. The van der Waals surface area contributed by atoms with Gasteiger partial charge < -0.3 is 10.4 Å². The molecule has 0 spiro atoms. The van der Waals surface area contributed by atoms with Crippen molar-refractivity contribution in [2.75, 3.05) is 5.32 Å². The Kier molecular flexibility index (Phi) is 5.61. The Bertz CT molecular complexity index is 1130. The van der Waals surface area contributed by atoms with Crippen LogP contribution in [0.5, 0.6) is 5.75 Å². The van der Waals surface area contributed by atoms with Gasteiger partial charge in [-0.15, -0.1) is 0 Å². The highest BCUT2D eigenvalue weighted by atomic mass is 79.9. The molecule has 3 aliphatic rings. The van der Waals surface area contributed by atoms with Gasteiger partial charge in [-0.1, -0.05) is 47.3 Å². The molecule has 0 aromatic heterocycles. The van der Waals surface area contributed by atoms with Crippen LogP contribution in [-0.4, -0.2) is 19.6 Å². The van der Waals surface area contributed by atoms with Crippen molar-refractivity contribution in [2.24, 2.45) is 5.92 Å². The molecule has 1 heterocycles. The second-order valence-electron chi connectivity index (χ2n) is 8.88. The Morgan fingerprint density at radius 2 is 1.84 bits per heavy atom. The second kappa shape index (κ2) is 8.26. The lowest BCUT2D eigenvalue weighted by Gasteiger charge is -2.38. The predicted molar refractivity (Wildman–Crippen MR) is 126 cm³/mol. The number of sulfonamides is 1. The Morgan fingerprint density at radius 1 is 1.03 bits per heavy atom. The summed E-state index contributed by atoms with van der Waals surface area (Å²) in [7, 11) is -3.55. The van der Waals surface area contributed by atoms with Gasteiger partial charge in [0.25, 0.3) is 0 Å². The van der Waals surface area contributed by atoms with Crippen LogP contribution in [0.4, 0.5) is 5.69 Å². The highest BCUT2D eigenvalue weighted by Crippen LogP contribution is 2.51. The van der Waals surface area contributed by atoms with Gasteiger partial charge in [0, 0.05) is 27.7 Å². The van der Waals surface area contributed by atoms with E-state index in [-0.39, 0.29) is 29.7 Å². The van der Waals surface area contributed by atoms with Gasteiger partial charge in [0.15, 0.2) is 0 Å². The minimum absolute atomic E-state index is 0.0379. The molecular weight excluding hydrogens is 476 g/mol. The summed E-state index contributed by atoms with van der Waals surface area (Å²) in [6, 6.07) is 10.9. The van der Waals surface area contributed by atoms with Crippen molar-refractivity contribution in [1.29, 1.82) is 0 Å². The third-order valence-electron chi connectivity index (χ3n) is 6.90. The zero-order chi connectivity index (χ0) is 21.6. The molecule has 7 heteroatoms. The summed E-state index contributed by atoms with van der Waals surface area (Å²) in [5.41, 5.74) is 2.79. The first kappa shape index (κ1) is 21.0. The van der Waals surface area contributed by atoms with E-state index in [4.69, 9.17) is 0 Å². The summed E-state index contributed by atoms with van der Waals surface area (Å²) in [5, 5.41) is 14.1. The molecule has 1 aliphatic heterocycles. The lowest BCUT2D eigenvalue weighted by Crippen LogP contribution is -2.36. The molecule has 0 amide bonds. The molecule has 5 rings (SSSR count). The van der Waals surface area contributed by atoms with E-state index in [1.54, 1.807) is 12.1 Å². The van der Waals surface area contributed by atoms with E-state index in [9.17, 15) is 13.5 Å². The zero-order valence-electron chi connectivity index (χ0n) is 17.2. The fourth-order valence-electron chi connectivity index (χ4n) is 5.33. The maximum absolute atomic E-state index is 13.1. The lowest BCUT2D eigenvalue weighted by molar-refractivity contribution is 0.401. The van der Waals surface area contributed by atoms with Gasteiger partial charge in [-0.25, -0.2) is 13.1 Å². The number of hydrogen-bond acceptors (Lipinski definition) is 4. The first-order valence-corrected chi connectivity index (χ1v) is 13.3. The minimum atomic E-state index is -3.55. The second-order valence-corrected chi connectivity index (χ2v) is 11.5. The molecule has 3 N–H and O–H groups in total. The average molecular weight is 503 g/mol. The van der Waals surface area contributed by atoms with Crippen LogP contribution in [0, 0.1) is 5.92 Å². The number of rotatable bonds is 4. The van der Waals surface area contributed by atoms with Gasteiger partial charge in [0.2, 0.25) is 10.0 Å². The highest BCUT2D eigenvalue weighted by Gasteiger charge is 2.39. The van der Waals surface area contributed by atoms with Crippen molar-refractivity contribution in [1.82, 2.24) is 4.72 Å². The molecule has 5 nitrogen and oxygen atoms in total. The van der Waals surface area contributed by atoms with Gasteiger partial charge in [0.1, 0.15) is 5.75 Å². The zero-order valence-corrected chi connectivity index (χ0v) is 19.6. The first-order chi connectivity index (χ1) is 14.9. The number of aromatic hydroxyl groups is 1. The van der Waals surface area contributed by atoms with Gasteiger partial charge in [-0.2, -0.15) is 0 Å². The topological polar surface area (TPSA) is 78.4 Å². The van der Waals surface area contributed by atoms with Crippen LogP contribution in [0.3, 0.4) is 0 Å². The fraction of sp³-hybridized carbons (Fsp3) is 0.417. The predicted octanol–water partition coefficient (Wildman–Crippen LogP) is 5.59. The number of fused-ring (bicyclic) bond motifs is 3. The van der Waals surface area contributed by atoms with Crippen LogP contribution >= 0.6 is 15.9 Å². The molecule has 2 aromatic rings. The quantitative estimate of drug-likeness (QED) is 0.476. The summed E-state index contributed by atoms with van der Waals surface area (Å²) in [6.45, 7) is 0. The van der Waals surface area contributed by atoms with Crippen LogP contribution in [-0.2, 0) is 10.0 Å². The number of allylic oxidation sites excluding steroid dienone is 2. The number of anilines is 1. The van der Waals surface area contributed by atoms with Crippen molar-refractivity contribution in [3.63, 3.8) is 0 Å². The Balaban J connectivity index is 1.47. The van der Waals surface area contributed by atoms with E-state index >= 15 is 0 Å². The standard InChI is InChI=1S/C24H27BrN2O3S/c25-15-9-12-23(28)21(13-15)24-19-8-4-7-18(19)20-14-17(10-11-22(20)26-24)31(29,30)27-16-5-2-1-3-6-16/h4,7,9-14,16,18-19,24,26-28H,1-3,5-6,8H2. The molecule has 0 radical (unpaired) electrons. The number of hydrogen-bond donors (Lipinski definition) is 3. The Morgan fingerprint density at radius 3 is 2.65 bits per heavy atom. The SMILES string of the molecule is O=S(=O)(NC1CCCCC1)c1ccc2c(c1)C1C=CCC1C(c1cc(Br)ccc1O)N2. The van der Waals surface area contributed by atoms with Crippen molar-refractivity contribution in [3.05, 3.63) is 64.1 Å². The largest absolute Gasteiger partial charge is 0.508 e. The number of phenolic OH excluding ortho intramolecular Hbond substituents is 1. The van der Waals surface area contributed by atoms with Crippen molar-refractivity contribution in [2.45, 2.75) is 61.4 Å². The summed E-state index contributed by atoms with van der Waals surface area (Å²) < 4.78 is 30.0. The van der Waals surface area contributed by atoms with E-state index in [0.717, 1.165) is 53.4 Å². The van der Waals surface area contributed by atoms with Gasteiger partial charge in [0.05, 0.1) is 10.9 Å². The molecular formula is C24H27BrN2O3S. The molecule has 0 saturated heterocycles. The monoisotopic (exact) mass is 502 g/mol. The summed E-state index contributed by atoms with van der Waals surface area (Å²) in [4.78, 5) is 0.335. The van der Waals surface area contributed by atoms with Crippen LogP contribution in [0.2, 0.25) is 0 Å². The van der Waals surface area contributed by atoms with Crippen molar-refractivity contribution >= 4 is 31.6 Å². The highest BCUT2D eigenvalue weighted by molar-refractivity contribution is 9.10. The van der Waals surface area contributed by atoms with E-state index < -0.39 is 10.0 Å². The number of halogens is 1. The van der Waals surface area contributed by atoms with Gasteiger partial charge >= 0.3 is 0 Å². The van der Waals surface area contributed by atoms with E-state index in [0.29, 0.717) is 4.90 Å². The molecule has 31 heavy (non-hydrogen) atoms. The fourth-order valence-corrected chi connectivity index (χ4v) is 7.05. The smallest absolute Gasteiger partial charge is 0.240 e. The van der Waals surface area contributed by atoms with Crippen molar-refractivity contribution < 1.29 is 13.5 Å². The number of benzene rings is 2. The first-order valence-electron chi connectivity index (χ1n) is 11.0. The molecule has 3 atom stereocenters. The Labute approximate surface area is 192 Å².